The largest absolute Gasteiger partial charge is 0.463 e. The zero-order valence-corrected chi connectivity index (χ0v) is 17.3. The summed E-state index contributed by atoms with van der Waals surface area (Å²) in [6.45, 7) is 11.1. The molecule has 1 rings (SSSR count). The highest BCUT2D eigenvalue weighted by atomic mass is 16.5. The van der Waals surface area contributed by atoms with Gasteiger partial charge in [0, 0.05) is 12.8 Å². The topological polar surface area (TPSA) is 52.6 Å². The molecule has 0 aliphatic carbocycles. The highest BCUT2D eigenvalue weighted by Crippen LogP contribution is 2.13. The van der Waals surface area contributed by atoms with Crippen molar-refractivity contribution in [1.29, 1.82) is 0 Å². The van der Waals surface area contributed by atoms with E-state index in [1.54, 1.807) is 12.2 Å². The Morgan fingerprint density at radius 1 is 0.821 bits per heavy atom. The van der Waals surface area contributed by atoms with Gasteiger partial charge in [-0.3, -0.25) is 9.59 Å². The Morgan fingerprint density at radius 3 is 1.50 bits per heavy atom. The van der Waals surface area contributed by atoms with E-state index in [0.717, 1.165) is 25.7 Å². The summed E-state index contributed by atoms with van der Waals surface area (Å²) in [5, 5.41) is 0. The van der Waals surface area contributed by atoms with Crippen LogP contribution in [-0.2, 0) is 31.9 Å². The third-order valence-corrected chi connectivity index (χ3v) is 4.47. The summed E-state index contributed by atoms with van der Waals surface area (Å²) in [4.78, 5) is 23.2. The third kappa shape index (κ3) is 10.7. The summed E-state index contributed by atoms with van der Waals surface area (Å²) in [7, 11) is 0. The molecule has 0 N–H and O–H groups in total. The molecule has 0 amide bonds. The number of benzene rings is 1. The quantitative estimate of drug-likeness (QED) is 0.319. The molecule has 2 atom stereocenters. The van der Waals surface area contributed by atoms with Crippen LogP contribution in [0.25, 0.3) is 0 Å². The molecular formula is C24H34O4. The van der Waals surface area contributed by atoms with Gasteiger partial charge in [-0.1, -0.05) is 36.4 Å². The van der Waals surface area contributed by atoms with Gasteiger partial charge in [0.25, 0.3) is 0 Å². The van der Waals surface area contributed by atoms with E-state index < -0.39 is 0 Å². The minimum Gasteiger partial charge on any atom is -0.463 e. The number of carbonyl (C=O) groups excluding carboxylic acids is 2. The van der Waals surface area contributed by atoms with E-state index in [1.165, 1.54) is 11.1 Å². The molecule has 4 nitrogen and oxygen atoms in total. The SMILES string of the molecule is C=CCCC(=O)OC(C)CCc1ccc(CCC(C)OC(=O)CCC=C)cc1. The van der Waals surface area contributed by atoms with E-state index in [1.807, 2.05) is 13.8 Å². The second-order valence-electron chi connectivity index (χ2n) is 7.15. The molecule has 2 unspecified atom stereocenters. The molecule has 0 aliphatic heterocycles. The number of allylic oxidation sites excluding steroid dienone is 2. The monoisotopic (exact) mass is 386 g/mol. The zero-order valence-electron chi connectivity index (χ0n) is 17.3. The van der Waals surface area contributed by atoms with Crippen LogP contribution < -0.4 is 0 Å². The average molecular weight is 387 g/mol. The second kappa shape index (κ2) is 13.8. The second-order valence-corrected chi connectivity index (χ2v) is 7.15. The number of rotatable bonds is 14. The molecule has 0 fully saturated rings. The molecule has 28 heavy (non-hydrogen) atoms. The van der Waals surface area contributed by atoms with Gasteiger partial charge in [0.05, 0.1) is 12.2 Å². The summed E-state index contributed by atoms with van der Waals surface area (Å²) >= 11 is 0. The molecule has 1 aromatic carbocycles. The van der Waals surface area contributed by atoms with Crippen LogP contribution >= 0.6 is 0 Å². The first-order valence-corrected chi connectivity index (χ1v) is 10.1. The summed E-state index contributed by atoms with van der Waals surface area (Å²) in [6.07, 6.45) is 8.70. The Labute approximate surface area is 169 Å². The molecule has 4 heteroatoms. The number of esters is 2. The van der Waals surface area contributed by atoms with Crippen LogP contribution in [0.15, 0.2) is 49.6 Å². The van der Waals surface area contributed by atoms with E-state index in [0.29, 0.717) is 25.7 Å². The first-order chi connectivity index (χ1) is 13.4. The van der Waals surface area contributed by atoms with Crippen LogP contribution in [0.2, 0.25) is 0 Å². The van der Waals surface area contributed by atoms with E-state index in [4.69, 9.17) is 9.47 Å². The summed E-state index contributed by atoms with van der Waals surface area (Å²) in [5.74, 6) is -0.330. The van der Waals surface area contributed by atoms with Crippen molar-refractivity contribution in [1.82, 2.24) is 0 Å². The lowest BCUT2D eigenvalue weighted by atomic mass is 10.0. The van der Waals surface area contributed by atoms with Gasteiger partial charge in [-0.05, 0) is 63.5 Å². The summed E-state index contributed by atoms with van der Waals surface area (Å²) in [5.41, 5.74) is 2.45. The minimum atomic E-state index is -0.165. The standard InChI is InChI=1S/C24H34O4/c1-5-7-9-23(25)27-19(3)11-13-21-15-17-22(18-16-21)14-12-20(4)28-24(26)10-8-6-2/h5-6,15-20H,1-2,7-14H2,3-4H3. The van der Waals surface area contributed by atoms with Gasteiger partial charge in [-0.25, -0.2) is 0 Å². The molecule has 0 aromatic heterocycles. The predicted octanol–water partition coefficient (Wildman–Crippen LogP) is 5.35. The van der Waals surface area contributed by atoms with E-state index in [2.05, 4.69) is 37.4 Å². The molecule has 0 radical (unpaired) electrons. The molecule has 0 bridgehead atoms. The van der Waals surface area contributed by atoms with Crippen LogP contribution in [0, 0.1) is 0 Å². The Bertz CT molecular complexity index is 563. The van der Waals surface area contributed by atoms with Gasteiger partial charge >= 0.3 is 11.9 Å². The molecular weight excluding hydrogens is 352 g/mol. The zero-order chi connectivity index (χ0) is 20.8. The van der Waals surface area contributed by atoms with Crippen LogP contribution in [0.1, 0.15) is 63.5 Å². The molecule has 0 aliphatic rings. The fourth-order valence-electron chi connectivity index (χ4n) is 2.74. The lowest BCUT2D eigenvalue weighted by Crippen LogP contribution is -2.15. The van der Waals surface area contributed by atoms with Gasteiger partial charge in [0.1, 0.15) is 0 Å². The maximum absolute atomic E-state index is 11.6. The van der Waals surface area contributed by atoms with Crippen molar-refractivity contribution >= 4 is 11.9 Å². The molecule has 0 heterocycles. The summed E-state index contributed by atoms with van der Waals surface area (Å²) < 4.78 is 10.8. The number of carbonyl (C=O) groups is 2. The number of hydrogen-bond acceptors (Lipinski definition) is 4. The van der Waals surface area contributed by atoms with Crippen molar-refractivity contribution in [2.24, 2.45) is 0 Å². The van der Waals surface area contributed by atoms with Gasteiger partial charge in [0.15, 0.2) is 0 Å². The normalized spacial score (nSPS) is 12.6. The fraction of sp³-hybridized carbons (Fsp3) is 0.500. The van der Waals surface area contributed by atoms with E-state index in [-0.39, 0.29) is 24.1 Å². The fourth-order valence-corrected chi connectivity index (χ4v) is 2.74. The van der Waals surface area contributed by atoms with Crippen LogP contribution in [0.5, 0.6) is 0 Å². The first-order valence-electron chi connectivity index (χ1n) is 10.1. The summed E-state index contributed by atoms with van der Waals surface area (Å²) in [6, 6.07) is 8.45. The van der Waals surface area contributed by atoms with Gasteiger partial charge in [0.2, 0.25) is 0 Å². The molecule has 1 aromatic rings. The van der Waals surface area contributed by atoms with Crippen molar-refractivity contribution in [3.63, 3.8) is 0 Å². The maximum atomic E-state index is 11.6. The Morgan fingerprint density at radius 2 is 1.18 bits per heavy atom. The Balaban J connectivity index is 2.31. The highest BCUT2D eigenvalue weighted by Gasteiger charge is 2.10. The third-order valence-electron chi connectivity index (χ3n) is 4.47. The highest BCUT2D eigenvalue weighted by molar-refractivity contribution is 5.70. The molecule has 0 saturated heterocycles. The molecule has 0 saturated carbocycles. The van der Waals surface area contributed by atoms with Crippen molar-refractivity contribution in [2.45, 2.75) is 77.4 Å². The lowest BCUT2D eigenvalue weighted by molar-refractivity contribution is -0.149. The predicted molar refractivity (Wildman–Crippen MR) is 113 cm³/mol. The van der Waals surface area contributed by atoms with Crippen LogP contribution in [-0.4, -0.2) is 24.1 Å². The van der Waals surface area contributed by atoms with Crippen molar-refractivity contribution in [2.75, 3.05) is 0 Å². The molecule has 0 spiro atoms. The Hall–Kier alpha value is -2.36. The molecule has 154 valence electrons. The van der Waals surface area contributed by atoms with E-state index in [9.17, 15) is 9.59 Å². The number of ether oxygens (including phenoxy) is 2. The van der Waals surface area contributed by atoms with Crippen molar-refractivity contribution in [3.8, 4) is 0 Å². The van der Waals surface area contributed by atoms with Gasteiger partial charge in [-0.15, -0.1) is 13.2 Å². The lowest BCUT2D eigenvalue weighted by Gasteiger charge is -2.14. The number of aryl methyl sites for hydroxylation is 2. The smallest absolute Gasteiger partial charge is 0.306 e. The van der Waals surface area contributed by atoms with Crippen LogP contribution in [0.4, 0.5) is 0 Å². The Kier molecular flexibility index (Phi) is 11.6. The van der Waals surface area contributed by atoms with Gasteiger partial charge in [-0.2, -0.15) is 0 Å². The van der Waals surface area contributed by atoms with Crippen LogP contribution in [0.3, 0.4) is 0 Å². The maximum Gasteiger partial charge on any atom is 0.306 e. The number of hydrogen-bond donors (Lipinski definition) is 0. The van der Waals surface area contributed by atoms with Crippen molar-refractivity contribution < 1.29 is 19.1 Å². The first kappa shape index (κ1) is 23.7. The van der Waals surface area contributed by atoms with Crippen molar-refractivity contribution in [3.05, 3.63) is 60.7 Å². The van der Waals surface area contributed by atoms with Gasteiger partial charge < -0.3 is 9.47 Å². The average Bonchev–Trinajstić information content (AvgIpc) is 2.68. The minimum absolute atomic E-state index is 0.0892. The van der Waals surface area contributed by atoms with E-state index >= 15 is 0 Å².